The molecule has 0 radical (unpaired) electrons. The highest BCUT2D eigenvalue weighted by molar-refractivity contribution is 5.95. The summed E-state index contributed by atoms with van der Waals surface area (Å²) in [5.74, 6) is -0.338. The minimum Gasteiger partial charge on any atom is -0.379 e. The van der Waals surface area contributed by atoms with Gasteiger partial charge in [-0.3, -0.25) is 14.9 Å². The van der Waals surface area contributed by atoms with Crippen LogP contribution in [0.2, 0.25) is 0 Å². The van der Waals surface area contributed by atoms with Gasteiger partial charge in [0.05, 0.1) is 10.4 Å². The van der Waals surface area contributed by atoms with E-state index in [4.69, 9.17) is 5.73 Å². The first-order chi connectivity index (χ1) is 10.1. The van der Waals surface area contributed by atoms with Crippen LogP contribution in [0.25, 0.3) is 10.9 Å². The third-order valence-corrected chi connectivity index (χ3v) is 3.10. The molecule has 0 aliphatic heterocycles. The zero-order valence-electron chi connectivity index (χ0n) is 11.4. The van der Waals surface area contributed by atoms with Crippen molar-refractivity contribution in [2.45, 2.75) is 19.3 Å². The Morgan fingerprint density at radius 2 is 2.10 bits per heavy atom. The third-order valence-electron chi connectivity index (χ3n) is 3.10. The second-order valence-electron chi connectivity index (χ2n) is 4.64. The smallest absolute Gasteiger partial charge is 0.311 e. The van der Waals surface area contributed by atoms with Crippen LogP contribution in [0.4, 0.5) is 11.4 Å². The molecule has 1 heterocycles. The van der Waals surface area contributed by atoms with Crippen LogP contribution in [-0.2, 0) is 4.79 Å². The maximum absolute atomic E-state index is 11.1. The molecule has 0 saturated carbocycles. The molecular formula is C14H16N4O3. The first-order valence-electron chi connectivity index (χ1n) is 6.64. The number of unbranched alkanes of at least 4 members (excludes halogenated alkanes) is 1. The molecular weight excluding hydrogens is 272 g/mol. The van der Waals surface area contributed by atoms with Crippen molar-refractivity contribution in [2.75, 3.05) is 11.9 Å². The molecule has 110 valence electrons. The molecule has 1 aromatic carbocycles. The first kappa shape index (κ1) is 14.7. The van der Waals surface area contributed by atoms with E-state index in [0.717, 1.165) is 0 Å². The van der Waals surface area contributed by atoms with Crippen molar-refractivity contribution in [2.24, 2.45) is 5.73 Å². The first-order valence-corrected chi connectivity index (χ1v) is 6.64. The van der Waals surface area contributed by atoms with Crippen LogP contribution < -0.4 is 11.1 Å². The van der Waals surface area contributed by atoms with Crippen molar-refractivity contribution >= 4 is 28.2 Å². The van der Waals surface area contributed by atoms with E-state index in [2.05, 4.69) is 10.3 Å². The largest absolute Gasteiger partial charge is 0.379 e. The summed E-state index contributed by atoms with van der Waals surface area (Å²) in [4.78, 5) is 25.4. The quantitative estimate of drug-likeness (QED) is 0.461. The molecule has 0 bridgehead atoms. The van der Waals surface area contributed by atoms with Gasteiger partial charge in [-0.05, 0) is 18.9 Å². The molecule has 0 fully saturated rings. The van der Waals surface area contributed by atoms with Gasteiger partial charge in [0.15, 0.2) is 0 Å². The Labute approximate surface area is 121 Å². The average Bonchev–Trinajstić information content (AvgIpc) is 2.46. The topological polar surface area (TPSA) is 111 Å². The Bertz CT molecular complexity index is 672. The molecule has 21 heavy (non-hydrogen) atoms. The lowest BCUT2D eigenvalue weighted by Crippen LogP contribution is -2.11. The van der Waals surface area contributed by atoms with Crippen LogP contribution >= 0.6 is 0 Å². The van der Waals surface area contributed by atoms with Gasteiger partial charge in [-0.2, -0.15) is 0 Å². The molecule has 2 aromatic rings. The number of benzene rings is 1. The van der Waals surface area contributed by atoms with Crippen molar-refractivity contribution in [3.8, 4) is 0 Å². The molecule has 0 atom stereocenters. The number of carbonyl (C=O) groups is 1. The van der Waals surface area contributed by atoms with Crippen LogP contribution in [0, 0.1) is 10.1 Å². The van der Waals surface area contributed by atoms with Crippen molar-refractivity contribution in [1.29, 1.82) is 0 Å². The second-order valence-corrected chi connectivity index (χ2v) is 4.64. The Hall–Kier alpha value is -2.70. The minimum absolute atomic E-state index is 0.0522. The molecule has 1 amide bonds. The average molecular weight is 288 g/mol. The number of para-hydroxylation sites is 1. The number of nitrogens with two attached hydrogens (primary N) is 1. The Morgan fingerprint density at radius 1 is 1.33 bits per heavy atom. The number of carbonyl (C=O) groups excluding carboxylic acids is 1. The Morgan fingerprint density at radius 3 is 2.81 bits per heavy atom. The summed E-state index contributed by atoms with van der Waals surface area (Å²) in [7, 11) is 0. The van der Waals surface area contributed by atoms with Crippen LogP contribution in [0.3, 0.4) is 0 Å². The van der Waals surface area contributed by atoms with Crippen molar-refractivity contribution < 1.29 is 9.72 Å². The number of nitrogens with one attached hydrogen (secondary N) is 1. The number of nitrogens with zero attached hydrogens (tertiary/aromatic N) is 2. The van der Waals surface area contributed by atoms with Gasteiger partial charge in [0.2, 0.25) is 5.91 Å². The molecule has 1 aromatic heterocycles. The van der Waals surface area contributed by atoms with Crippen LogP contribution in [0.5, 0.6) is 0 Å². The number of fused-ring (bicyclic) bond motifs is 1. The van der Waals surface area contributed by atoms with Crippen LogP contribution in [-0.4, -0.2) is 22.4 Å². The van der Waals surface area contributed by atoms with Gasteiger partial charge >= 0.3 is 5.69 Å². The van der Waals surface area contributed by atoms with Gasteiger partial charge < -0.3 is 11.1 Å². The fourth-order valence-electron chi connectivity index (χ4n) is 2.09. The molecule has 7 nitrogen and oxygen atoms in total. The summed E-state index contributed by atoms with van der Waals surface area (Å²) in [5.41, 5.74) is 6.17. The van der Waals surface area contributed by atoms with Crippen molar-refractivity contribution in [3.63, 3.8) is 0 Å². The summed E-state index contributed by atoms with van der Waals surface area (Å²) in [6, 6.07) is 7.24. The summed E-state index contributed by atoms with van der Waals surface area (Å²) >= 11 is 0. The number of hydrogen-bond acceptors (Lipinski definition) is 5. The normalized spacial score (nSPS) is 10.5. The van der Waals surface area contributed by atoms with Crippen molar-refractivity contribution in [1.82, 2.24) is 4.98 Å². The van der Waals surface area contributed by atoms with E-state index in [-0.39, 0.29) is 11.6 Å². The SMILES string of the molecule is NC(=O)CCCCNc1c([N+](=O)[O-])cnc2ccccc12. The van der Waals surface area contributed by atoms with Gasteiger partial charge in [-0.15, -0.1) is 0 Å². The lowest BCUT2D eigenvalue weighted by Gasteiger charge is -2.09. The molecule has 0 aliphatic carbocycles. The third kappa shape index (κ3) is 3.65. The zero-order valence-corrected chi connectivity index (χ0v) is 11.4. The molecule has 3 N–H and O–H groups in total. The molecule has 0 saturated heterocycles. The lowest BCUT2D eigenvalue weighted by atomic mass is 10.1. The van der Waals surface area contributed by atoms with E-state index < -0.39 is 4.92 Å². The Balaban J connectivity index is 2.17. The number of primary amides is 1. The number of aromatic nitrogens is 1. The highest BCUT2D eigenvalue weighted by atomic mass is 16.6. The van der Waals surface area contributed by atoms with E-state index >= 15 is 0 Å². The van der Waals surface area contributed by atoms with E-state index in [0.29, 0.717) is 42.4 Å². The lowest BCUT2D eigenvalue weighted by molar-refractivity contribution is -0.384. The zero-order chi connectivity index (χ0) is 15.2. The molecule has 0 spiro atoms. The van der Waals surface area contributed by atoms with E-state index in [1.165, 1.54) is 6.20 Å². The summed E-state index contributed by atoms with van der Waals surface area (Å²) in [6.07, 6.45) is 2.94. The monoisotopic (exact) mass is 288 g/mol. The molecule has 2 rings (SSSR count). The molecule has 0 unspecified atom stereocenters. The molecule has 7 heteroatoms. The standard InChI is InChI=1S/C14H16N4O3/c15-13(19)7-3-4-8-16-14-10-5-1-2-6-11(10)17-9-12(14)18(20)21/h1-2,5-6,9H,3-4,7-8H2,(H2,15,19)(H,16,17). The number of amides is 1. The predicted molar refractivity (Wildman–Crippen MR) is 79.9 cm³/mol. The number of nitro groups is 1. The number of pyridine rings is 1. The van der Waals surface area contributed by atoms with Crippen LogP contribution in [0.15, 0.2) is 30.5 Å². The van der Waals surface area contributed by atoms with Gasteiger partial charge in [-0.25, -0.2) is 4.98 Å². The van der Waals surface area contributed by atoms with E-state index in [1.807, 2.05) is 12.1 Å². The number of rotatable bonds is 7. The highest BCUT2D eigenvalue weighted by Gasteiger charge is 2.17. The maximum atomic E-state index is 11.1. The highest BCUT2D eigenvalue weighted by Crippen LogP contribution is 2.31. The Kier molecular flexibility index (Phi) is 4.65. The number of anilines is 1. The van der Waals surface area contributed by atoms with Gasteiger partial charge in [0.1, 0.15) is 11.9 Å². The maximum Gasteiger partial charge on any atom is 0.311 e. The van der Waals surface area contributed by atoms with Gasteiger partial charge in [0.25, 0.3) is 0 Å². The fraction of sp³-hybridized carbons (Fsp3) is 0.286. The van der Waals surface area contributed by atoms with Gasteiger partial charge in [-0.1, -0.05) is 18.2 Å². The van der Waals surface area contributed by atoms with Crippen molar-refractivity contribution in [3.05, 3.63) is 40.6 Å². The minimum atomic E-state index is -0.453. The predicted octanol–water partition coefficient (Wildman–Crippen LogP) is 2.21. The van der Waals surface area contributed by atoms with Crippen LogP contribution in [0.1, 0.15) is 19.3 Å². The van der Waals surface area contributed by atoms with Gasteiger partial charge in [0, 0.05) is 18.4 Å². The molecule has 0 aliphatic rings. The van der Waals surface area contributed by atoms with E-state index in [1.54, 1.807) is 12.1 Å². The van der Waals surface area contributed by atoms with E-state index in [9.17, 15) is 14.9 Å². The number of hydrogen-bond donors (Lipinski definition) is 2. The fourth-order valence-corrected chi connectivity index (χ4v) is 2.09. The summed E-state index contributed by atoms with van der Waals surface area (Å²) < 4.78 is 0. The second kappa shape index (κ2) is 6.65. The summed E-state index contributed by atoms with van der Waals surface area (Å²) in [6.45, 7) is 0.530. The summed E-state index contributed by atoms with van der Waals surface area (Å²) in [5, 5.41) is 14.9.